The minimum Gasteiger partial charge on any atom is -0.473 e. The molecule has 176 valence electrons. The van der Waals surface area contributed by atoms with Crippen molar-refractivity contribution in [2.24, 2.45) is 5.92 Å². The van der Waals surface area contributed by atoms with Crippen molar-refractivity contribution in [2.45, 2.75) is 44.7 Å². The molecule has 2 N–H and O–H groups in total. The predicted octanol–water partition coefficient (Wildman–Crippen LogP) is 2.78. The van der Waals surface area contributed by atoms with Crippen molar-refractivity contribution in [3.8, 4) is 0 Å². The van der Waals surface area contributed by atoms with Gasteiger partial charge < -0.3 is 15.1 Å². The van der Waals surface area contributed by atoms with Gasteiger partial charge in [-0.05, 0) is 56.7 Å². The minimum absolute atomic E-state index is 0.821. The van der Waals surface area contributed by atoms with Crippen molar-refractivity contribution in [3.05, 3.63) is 48.0 Å². The van der Waals surface area contributed by atoms with Crippen LogP contribution in [0.15, 0.2) is 42.5 Å². The van der Waals surface area contributed by atoms with Gasteiger partial charge in [-0.1, -0.05) is 42.5 Å². The highest BCUT2D eigenvalue weighted by molar-refractivity contribution is 6.27. The highest BCUT2D eigenvalue weighted by Crippen LogP contribution is 2.22. The first-order chi connectivity index (χ1) is 15.5. The first kappa shape index (κ1) is 24.4. The summed E-state index contributed by atoms with van der Waals surface area (Å²) in [4.78, 5) is 26.4. The van der Waals surface area contributed by atoms with Gasteiger partial charge in [0.25, 0.3) is 0 Å². The lowest BCUT2D eigenvalue weighted by Crippen LogP contribution is -2.53. The average molecular weight is 444 g/mol. The number of nitrogens with zero attached hydrogens (tertiary/aromatic N) is 3. The monoisotopic (exact) mass is 443 g/mol. The molecular formula is C25H37N3O4. The van der Waals surface area contributed by atoms with E-state index in [0.29, 0.717) is 0 Å². The van der Waals surface area contributed by atoms with Crippen molar-refractivity contribution in [1.29, 1.82) is 0 Å². The molecule has 2 fully saturated rings. The van der Waals surface area contributed by atoms with E-state index in [4.69, 9.17) is 19.8 Å². The molecule has 0 bridgehead atoms. The van der Waals surface area contributed by atoms with Crippen LogP contribution in [0.2, 0.25) is 0 Å². The van der Waals surface area contributed by atoms with Gasteiger partial charge in [-0.3, -0.25) is 9.80 Å². The third-order valence-electron chi connectivity index (χ3n) is 6.81. The van der Waals surface area contributed by atoms with Crippen molar-refractivity contribution in [3.63, 3.8) is 0 Å². The average Bonchev–Trinajstić information content (AvgIpc) is 2.82. The number of benzene rings is 1. The van der Waals surface area contributed by atoms with Crippen molar-refractivity contribution < 1.29 is 19.8 Å². The van der Waals surface area contributed by atoms with Crippen LogP contribution in [0.4, 0.5) is 0 Å². The number of rotatable bonds is 5. The molecule has 1 unspecified atom stereocenters. The Labute approximate surface area is 191 Å². The smallest absolute Gasteiger partial charge is 0.414 e. The van der Waals surface area contributed by atoms with E-state index in [0.717, 1.165) is 18.5 Å². The number of carboxylic acids is 2. The Morgan fingerprint density at radius 3 is 2.03 bits per heavy atom. The molecule has 4 rings (SSSR count). The summed E-state index contributed by atoms with van der Waals surface area (Å²) in [5.74, 6) is -2.74. The summed E-state index contributed by atoms with van der Waals surface area (Å²) < 4.78 is 0. The lowest BCUT2D eigenvalue weighted by atomic mass is 9.93. The highest BCUT2D eigenvalue weighted by atomic mass is 16.4. The molecule has 0 aromatic heterocycles. The maximum atomic E-state index is 9.10. The van der Waals surface area contributed by atoms with Gasteiger partial charge in [-0.15, -0.1) is 0 Å². The number of hydrogen-bond donors (Lipinski definition) is 2. The summed E-state index contributed by atoms with van der Waals surface area (Å²) in [6.07, 6.45) is 11.5. The van der Waals surface area contributed by atoms with Gasteiger partial charge in [-0.2, -0.15) is 0 Å². The summed E-state index contributed by atoms with van der Waals surface area (Å²) in [5, 5.41) is 14.8. The Kier molecular flexibility index (Phi) is 9.71. The second kappa shape index (κ2) is 12.7. The van der Waals surface area contributed by atoms with E-state index in [1.165, 1.54) is 83.5 Å². The van der Waals surface area contributed by atoms with E-state index >= 15 is 0 Å². The standard InChI is InChI=1S/C23H35N3.C2H2O4/c1-3-7-21(8-4-1)19-24-13-11-23(12-14-24)26-17-15-25(16-18-26)20-22-9-5-2-6-10-22;3-1(4)2(5)6/h1-5,7-8,22-23H,6,9-20H2;(H,3,4)(H,5,6). The Morgan fingerprint density at radius 2 is 1.47 bits per heavy atom. The largest absolute Gasteiger partial charge is 0.473 e. The molecule has 7 heteroatoms. The maximum absolute atomic E-state index is 9.10. The van der Waals surface area contributed by atoms with Crippen molar-refractivity contribution in [1.82, 2.24) is 14.7 Å². The number of aliphatic carboxylic acids is 2. The van der Waals surface area contributed by atoms with Gasteiger partial charge in [0, 0.05) is 45.3 Å². The molecule has 1 aromatic carbocycles. The summed E-state index contributed by atoms with van der Waals surface area (Å²) in [6.45, 7) is 10.1. The van der Waals surface area contributed by atoms with Crippen LogP contribution in [0.5, 0.6) is 0 Å². The fourth-order valence-electron chi connectivity index (χ4n) is 4.98. The number of piperazine rings is 1. The Hall–Kier alpha value is -2.22. The Bertz CT molecular complexity index is 727. The molecular weight excluding hydrogens is 406 g/mol. The summed E-state index contributed by atoms with van der Waals surface area (Å²) in [7, 11) is 0. The van der Waals surface area contributed by atoms with Crippen LogP contribution >= 0.6 is 0 Å². The number of piperidine rings is 1. The van der Waals surface area contributed by atoms with Crippen LogP contribution in [-0.4, -0.2) is 88.7 Å². The third kappa shape index (κ3) is 8.04. The first-order valence-corrected chi connectivity index (χ1v) is 11.8. The third-order valence-corrected chi connectivity index (χ3v) is 6.81. The Morgan fingerprint density at radius 1 is 0.812 bits per heavy atom. The second-order valence-electron chi connectivity index (χ2n) is 9.09. The normalized spacial score (nSPS) is 23.3. The first-order valence-electron chi connectivity index (χ1n) is 11.8. The topological polar surface area (TPSA) is 84.3 Å². The molecule has 32 heavy (non-hydrogen) atoms. The molecule has 0 radical (unpaired) electrons. The SMILES string of the molecule is C1=CCC(CN2CCN(C3CCN(Cc4ccccc4)CC3)CC2)CC1.O=C(O)C(=O)O. The molecule has 0 spiro atoms. The maximum Gasteiger partial charge on any atom is 0.414 e. The lowest BCUT2D eigenvalue weighted by Gasteiger charge is -2.43. The fraction of sp³-hybridized carbons (Fsp3) is 0.600. The van der Waals surface area contributed by atoms with Crippen LogP contribution in [0.3, 0.4) is 0 Å². The van der Waals surface area contributed by atoms with Gasteiger partial charge in [0.2, 0.25) is 0 Å². The molecule has 3 aliphatic rings. The number of hydrogen-bond acceptors (Lipinski definition) is 5. The van der Waals surface area contributed by atoms with Gasteiger partial charge in [0.1, 0.15) is 0 Å². The van der Waals surface area contributed by atoms with Crippen LogP contribution in [0.1, 0.15) is 37.7 Å². The molecule has 2 heterocycles. The predicted molar refractivity (Wildman–Crippen MR) is 125 cm³/mol. The highest BCUT2D eigenvalue weighted by Gasteiger charge is 2.28. The zero-order valence-corrected chi connectivity index (χ0v) is 18.9. The van der Waals surface area contributed by atoms with E-state index in [1.807, 2.05) is 0 Å². The number of likely N-dealkylation sites (tertiary alicyclic amines) is 1. The Balaban J connectivity index is 0.000000427. The van der Waals surface area contributed by atoms with Crippen molar-refractivity contribution >= 4 is 11.9 Å². The molecule has 0 amide bonds. The van der Waals surface area contributed by atoms with E-state index in [1.54, 1.807) is 0 Å². The fourth-order valence-corrected chi connectivity index (χ4v) is 4.98. The van der Waals surface area contributed by atoms with Crippen LogP contribution < -0.4 is 0 Å². The van der Waals surface area contributed by atoms with E-state index < -0.39 is 11.9 Å². The summed E-state index contributed by atoms with van der Waals surface area (Å²) >= 11 is 0. The molecule has 1 aliphatic carbocycles. The number of carbonyl (C=O) groups is 2. The van der Waals surface area contributed by atoms with Gasteiger partial charge in [0.15, 0.2) is 0 Å². The van der Waals surface area contributed by atoms with Crippen LogP contribution in [-0.2, 0) is 16.1 Å². The lowest BCUT2D eigenvalue weighted by molar-refractivity contribution is -0.159. The molecule has 1 atom stereocenters. The molecule has 2 saturated heterocycles. The zero-order valence-electron chi connectivity index (χ0n) is 18.9. The number of carboxylic acid groups (broad SMARTS) is 2. The molecule has 0 saturated carbocycles. The second-order valence-corrected chi connectivity index (χ2v) is 9.09. The molecule has 2 aliphatic heterocycles. The van der Waals surface area contributed by atoms with E-state index in [9.17, 15) is 0 Å². The molecule has 1 aromatic rings. The molecule has 7 nitrogen and oxygen atoms in total. The van der Waals surface area contributed by atoms with E-state index in [2.05, 4.69) is 57.2 Å². The van der Waals surface area contributed by atoms with Crippen molar-refractivity contribution in [2.75, 3.05) is 45.8 Å². The van der Waals surface area contributed by atoms with Crippen LogP contribution in [0, 0.1) is 5.92 Å². The minimum atomic E-state index is -1.82. The number of allylic oxidation sites excluding steroid dienone is 2. The summed E-state index contributed by atoms with van der Waals surface area (Å²) in [6, 6.07) is 11.8. The van der Waals surface area contributed by atoms with E-state index in [-0.39, 0.29) is 0 Å². The quantitative estimate of drug-likeness (QED) is 0.535. The van der Waals surface area contributed by atoms with Gasteiger partial charge in [-0.25, -0.2) is 9.59 Å². The zero-order chi connectivity index (χ0) is 22.8. The summed E-state index contributed by atoms with van der Waals surface area (Å²) in [5.41, 5.74) is 1.46. The van der Waals surface area contributed by atoms with Crippen LogP contribution in [0.25, 0.3) is 0 Å². The van der Waals surface area contributed by atoms with Gasteiger partial charge >= 0.3 is 11.9 Å². The van der Waals surface area contributed by atoms with Gasteiger partial charge in [0.05, 0.1) is 0 Å².